The number of hydrogen-bond donors (Lipinski definition) is 1. The van der Waals surface area contributed by atoms with E-state index in [1.807, 2.05) is 6.07 Å². The van der Waals surface area contributed by atoms with E-state index in [1.165, 1.54) is 0 Å². The predicted octanol–water partition coefficient (Wildman–Crippen LogP) is 2.42. The number of alkyl halides is 3. The van der Waals surface area contributed by atoms with Gasteiger partial charge < -0.3 is 10.2 Å². The average Bonchev–Trinajstić information content (AvgIpc) is 2.54. The van der Waals surface area contributed by atoms with Crippen molar-refractivity contribution < 1.29 is 22.8 Å². The van der Waals surface area contributed by atoms with E-state index in [9.17, 15) is 22.8 Å². The molecule has 0 bridgehead atoms. The number of hydrogen-bond acceptors (Lipinski definition) is 3. The van der Waals surface area contributed by atoms with Gasteiger partial charge in [0.25, 0.3) is 5.91 Å². The standard InChI is InChI=1S/C17H18F3N3O2/c1-11(24)23-10-14(5-6-15(23)17(18,19)20)22-16(25)13-4-2-3-12(9-13)7-8-21/h2-4,9,14-15H,5-7,10H2,1H3,(H,22,25). The summed E-state index contributed by atoms with van der Waals surface area (Å²) in [6, 6.07) is 6.13. The second-order valence-corrected chi connectivity index (χ2v) is 6.01. The Balaban J connectivity index is 2.06. The molecule has 1 aliphatic rings. The van der Waals surface area contributed by atoms with Crippen LogP contribution in [0.4, 0.5) is 13.2 Å². The molecule has 2 unspecified atom stereocenters. The Kier molecular flexibility index (Phi) is 5.67. The summed E-state index contributed by atoms with van der Waals surface area (Å²) >= 11 is 0. The zero-order chi connectivity index (χ0) is 18.6. The molecule has 0 saturated carbocycles. The van der Waals surface area contributed by atoms with Crippen LogP contribution in [0.15, 0.2) is 24.3 Å². The molecule has 0 spiro atoms. The molecule has 1 aromatic carbocycles. The van der Waals surface area contributed by atoms with Crippen molar-refractivity contribution in [2.75, 3.05) is 6.54 Å². The third-order valence-electron chi connectivity index (χ3n) is 4.17. The number of piperidine rings is 1. The minimum absolute atomic E-state index is 0.136. The highest BCUT2D eigenvalue weighted by Gasteiger charge is 2.47. The SMILES string of the molecule is CC(=O)N1CC(NC(=O)c2cccc(CC#N)c2)CCC1C(F)(F)F. The molecular weight excluding hydrogens is 335 g/mol. The van der Waals surface area contributed by atoms with Crippen LogP contribution in [-0.2, 0) is 11.2 Å². The molecule has 2 amide bonds. The van der Waals surface area contributed by atoms with Crippen molar-refractivity contribution in [1.29, 1.82) is 5.26 Å². The zero-order valence-corrected chi connectivity index (χ0v) is 13.6. The van der Waals surface area contributed by atoms with Gasteiger partial charge in [0.1, 0.15) is 6.04 Å². The van der Waals surface area contributed by atoms with Crippen molar-refractivity contribution in [2.45, 2.75) is 44.4 Å². The van der Waals surface area contributed by atoms with Gasteiger partial charge in [-0.3, -0.25) is 9.59 Å². The topological polar surface area (TPSA) is 73.2 Å². The molecule has 0 aliphatic carbocycles. The molecule has 5 nitrogen and oxygen atoms in total. The Hall–Kier alpha value is -2.56. The van der Waals surface area contributed by atoms with Gasteiger partial charge in [-0.25, -0.2) is 0 Å². The maximum atomic E-state index is 13.0. The fraction of sp³-hybridized carbons (Fsp3) is 0.471. The molecule has 2 atom stereocenters. The summed E-state index contributed by atoms with van der Waals surface area (Å²) in [4.78, 5) is 24.6. The summed E-state index contributed by atoms with van der Waals surface area (Å²) < 4.78 is 39.0. The molecule has 1 aromatic rings. The van der Waals surface area contributed by atoms with Gasteiger partial charge in [-0.15, -0.1) is 0 Å². The number of amides is 2. The molecule has 1 heterocycles. The van der Waals surface area contributed by atoms with Gasteiger partial charge in [-0.2, -0.15) is 18.4 Å². The molecule has 134 valence electrons. The third-order valence-corrected chi connectivity index (χ3v) is 4.17. The fourth-order valence-electron chi connectivity index (χ4n) is 2.96. The van der Waals surface area contributed by atoms with Crippen molar-refractivity contribution in [3.8, 4) is 6.07 Å². The zero-order valence-electron chi connectivity index (χ0n) is 13.6. The Morgan fingerprint density at radius 1 is 1.36 bits per heavy atom. The molecule has 0 radical (unpaired) electrons. The second kappa shape index (κ2) is 7.55. The van der Waals surface area contributed by atoms with Crippen molar-refractivity contribution in [3.05, 3.63) is 35.4 Å². The lowest BCUT2D eigenvalue weighted by Crippen LogP contribution is -2.57. The maximum absolute atomic E-state index is 13.0. The Bertz CT molecular complexity index is 697. The fourth-order valence-corrected chi connectivity index (χ4v) is 2.96. The van der Waals surface area contributed by atoms with Crippen LogP contribution in [0.3, 0.4) is 0 Å². The highest BCUT2D eigenvalue weighted by atomic mass is 19.4. The summed E-state index contributed by atoms with van der Waals surface area (Å²) in [6.45, 7) is 0.914. The van der Waals surface area contributed by atoms with Crippen LogP contribution in [-0.4, -0.2) is 41.5 Å². The van der Waals surface area contributed by atoms with Crippen molar-refractivity contribution in [1.82, 2.24) is 10.2 Å². The summed E-state index contributed by atoms with van der Waals surface area (Å²) in [6.07, 6.45) is -4.43. The number of nitrogens with one attached hydrogen (secondary N) is 1. The molecule has 1 aliphatic heterocycles. The van der Waals surface area contributed by atoms with E-state index in [0.717, 1.165) is 11.8 Å². The highest BCUT2D eigenvalue weighted by Crippen LogP contribution is 2.32. The number of halogens is 3. The summed E-state index contributed by atoms with van der Waals surface area (Å²) in [5, 5.41) is 11.4. The maximum Gasteiger partial charge on any atom is 0.408 e. The van der Waals surface area contributed by atoms with Gasteiger partial charge in [0.2, 0.25) is 5.91 Å². The summed E-state index contributed by atoms with van der Waals surface area (Å²) in [7, 11) is 0. The number of benzene rings is 1. The minimum Gasteiger partial charge on any atom is -0.348 e. The molecule has 1 N–H and O–H groups in total. The first-order valence-electron chi connectivity index (χ1n) is 7.83. The number of carbonyl (C=O) groups excluding carboxylic acids is 2. The van der Waals surface area contributed by atoms with Crippen LogP contribution >= 0.6 is 0 Å². The monoisotopic (exact) mass is 353 g/mol. The normalized spacial score (nSPS) is 20.7. The van der Waals surface area contributed by atoms with Gasteiger partial charge in [0.05, 0.1) is 12.5 Å². The summed E-state index contributed by atoms with van der Waals surface area (Å²) in [5.74, 6) is -1.10. The lowest BCUT2D eigenvalue weighted by atomic mass is 9.97. The van der Waals surface area contributed by atoms with Gasteiger partial charge >= 0.3 is 6.18 Å². The Morgan fingerprint density at radius 3 is 2.68 bits per heavy atom. The molecule has 1 saturated heterocycles. The first-order valence-corrected chi connectivity index (χ1v) is 7.83. The van der Waals surface area contributed by atoms with Gasteiger partial charge in [0, 0.05) is 25.1 Å². The van der Waals surface area contributed by atoms with Crippen LogP contribution < -0.4 is 5.32 Å². The molecule has 8 heteroatoms. The van der Waals surface area contributed by atoms with Gasteiger partial charge in [-0.05, 0) is 30.5 Å². The quantitative estimate of drug-likeness (QED) is 0.907. The number of nitrogens with zero attached hydrogens (tertiary/aromatic N) is 2. The van der Waals surface area contributed by atoms with Gasteiger partial charge in [0.15, 0.2) is 0 Å². The van der Waals surface area contributed by atoms with Crippen molar-refractivity contribution in [2.24, 2.45) is 0 Å². The van der Waals surface area contributed by atoms with E-state index in [-0.39, 0.29) is 25.8 Å². The lowest BCUT2D eigenvalue weighted by Gasteiger charge is -2.40. The van der Waals surface area contributed by atoms with E-state index >= 15 is 0 Å². The third kappa shape index (κ3) is 4.72. The summed E-state index contributed by atoms with van der Waals surface area (Å²) in [5.41, 5.74) is 1.02. The predicted molar refractivity (Wildman–Crippen MR) is 83.5 cm³/mol. The van der Waals surface area contributed by atoms with E-state index in [0.29, 0.717) is 11.1 Å². The largest absolute Gasteiger partial charge is 0.408 e. The second-order valence-electron chi connectivity index (χ2n) is 6.01. The van der Waals surface area contributed by atoms with Crippen molar-refractivity contribution >= 4 is 11.8 Å². The highest BCUT2D eigenvalue weighted by molar-refractivity contribution is 5.94. The number of rotatable bonds is 3. The molecule has 25 heavy (non-hydrogen) atoms. The number of carbonyl (C=O) groups is 2. The van der Waals surface area contributed by atoms with Crippen LogP contribution in [0.25, 0.3) is 0 Å². The van der Waals surface area contributed by atoms with Crippen LogP contribution in [0.5, 0.6) is 0 Å². The molecule has 1 fully saturated rings. The van der Waals surface area contributed by atoms with E-state index in [1.54, 1.807) is 24.3 Å². The first kappa shape index (κ1) is 18.8. The van der Waals surface area contributed by atoms with Gasteiger partial charge in [-0.1, -0.05) is 12.1 Å². The van der Waals surface area contributed by atoms with Crippen LogP contribution in [0, 0.1) is 11.3 Å². The number of nitriles is 1. The van der Waals surface area contributed by atoms with Crippen LogP contribution in [0.1, 0.15) is 35.7 Å². The Morgan fingerprint density at radius 2 is 2.08 bits per heavy atom. The lowest BCUT2D eigenvalue weighted by molar-refractivity contribution is -0.196. The van der Waals surface area contributed by atoms with E-state index in [4.69, 9.17) is 5.26 Å². The van der Waals surface area contributed by atoms with E-state index < -0.39 is 30.1 Å². The number of likely N-dealkylation sites (tertiary alicyclic amines) is 1. The molecule has 0 aromatic heterocycles. The Labute approximate surface area is 143 Å². The first-order chi connectivity index (χ1) is 11.7. The smallest absolute Gasteiger partial charge is 0.348 e. The molecule has 2 rings (SSSR count). The van der Waals surface area contributed by atoms with Crippen LogP contribution in [0.2, 0.25) is 0 Å². The van der Waals surface area contributed by atoms with E-state index in [2.05, 4.69) is 5.32 Å². The molecular formula is C17H18F3N3O2. The average molecular weight is 353 g/mol. The minimum atomic E-state index is -4.48. The van der Waals surface area contributed by atoms with Crippen molar-refractivity contribution in [3.63, 3.8) is 0 Å².